The van der Waals surface area contributed by atoms with Crippen molar-refractivity contribution in [3.63, 3.8) is 0 Å². The average molecular weight is 285 g/mol. The van der Waals surface area contributed by atoms with Crippen LogP contribution in [0.4, 0.5) is 0 Å². The first-order valence-corrected chi connectivity index (χ1v) is 9.29. The second kappa shape index (κ2) is 4.75. The highest BCUT2D eigenvalue weighted by Crippen LogP contribution is 2.29. The molecule has 4 nitrogen and oxygen atoms in total. The lowest BCUT2D eigenvalue weighted by atomic mass is 10.0. The van der Waals surface area contributed by atoms with Gasteiger partial charge in [0.15, 0.2) is 0 Å². The SMILES string of the molecule is C[Si]1(C)OC(=O)CN=Cc2c(ccc3ccccc23)O1. The molecule has 0 amide bonds. The maximum absolute atomic E-state index is 11.6. The molecule has 0 saturated carbocycles. The van der Waals surface area contributed by atoms with Gasteiger partial charge in [0.25, 0.3) is 0 Å². The minimum absolute atomic E-state index is 0.0302. The highest BCUT2D eigenvalue weighted by Gasteiger charge is 2.32. The molecule has 0 aromatic heterocycles. The van der Waals surface area contributed by atoms with Gasteiger partial charge in [0, 0.05) is 24.9 Å². The molecule has 0 bridgehead atoms. The molecule has 0 atom stereocenters. The summed E-state index contributed by atoms with van der Waals surface area (Å²) in [5, 5.41) is 2.18. The van der Waals surface area contributed by atoms with E-state index >= 15 is 0 Å². The number of carbonyl (C=O) groups excluding carboxylic acids is 1. The molecular formula is C15H15NO3Si. The Balaban J connectivity index is 2.20. The molecule has 2 aromatic rings. The maximum Gasteiger partial charge on any atom is 0.455 e. The van der Waals surface area contributed by atoms with Gasteiger partial charge in [-0.2, -0.15) is 0 Å². The van der Waals surface area contributed by atoms with Crippen LogP contribution in [0.15, 0.2) is 41.4 Å². The van der Waals surface area contributed by atoms with E-state index in [-0.39, 0.29) is 12.5 Å². The summed E-state index contributed by atoms with van der Waals surface area (Å²) in [5.41, 5.74) is 0.905. The fourth-order valence-corrected chi connectivity index (χ4v) is 3.66. The van der Waals surface area contributed by atoms with Gasteiger partial charge in [0.1, 0.15) is 12.3 Å². The Bertz CT molecular complexity index is 709. The standard InChI is InChI=1S/C15H15NO3Si/c1-20(2)18-14-8-7-11-5-3-4-6-12(11)13(14)9-16-10-15(17)19-20/h3-9H,10H2,1-2H3. The molecule has 1 aliphatic heterocycles. The Labute approximate surface area is 118 Å². The zero-order valence-corrected chi connectivity index (χ0v) is 12.4. The summed E-state index contributed by atoms with van der Waals surface area (Å²) in [6.07, 6.45) is 1.70. The minimum Gasteiger partial charge on any atom is -0.511 e. The summed E-state index contributed by atoms with van der Waals surface area (Å²) in [6.45, 7) is 3.74. The molecular weight excluding hydrogens is 270 g/mol. The zero-order valence-electron chi connectivity index (χ0n) is 11.4. The highest BCUT2D eigenvalue weighted by atomic mass is 28.4. The van der Waals surface area contributed by atoms with Gasteiger partial charge < -0.3 is 8.85 Å². The Hall–Kier alpha value is -2.14. The number of nitrogens with zero attached hydrogens (tertiary/aromatic N) is 1. The van der Waals surface area contributed by atoms with Gasteiger partial charge in [-0.1, -0.05) is 30.3 Å². The van der Waals surface area contributed by atoms with Crippen LogP contribution in [-0.2, 0) is 9.22 Å². The van der Waals surface area contributed by atoms with E-state index in [9.17, 15) is 4.79 Å². The van der Waals surface area contributed by atoms with Crippen molar-refractivity contribution in [2.24, 2.45) is 4.99 Å². The average Bonchev–Trinajstić information content (AvgIpc) is 2.44. The van der Waals surface area contributed by atoms with Crippen molar-refractivity contribution in [3.05, 3.63) is 42.0 Å². The van der Waals surface area contributed by atoms with Crippen LogP contribution >= 0.6 is 0 Å². The van der Waals surface area contributed by atoms with Gasteiger partial charge in [0.2, 0.25) is 0 Å². The van der Waals surface area contributed by atoms with Gasteiger partial charge in [-0.25, -0.2) is 0 Å². The fourth-order valence-electron chi connectivity index (χ4n) is 2.30. The van der Waals surface area contributed by atoms with Crippen molar-refractivity contribution >= 4 is 31.5 Å². The van der Waals surface area contributed by atoms with E-state index in [0.717, 1.165) is 22.1 Å². The topological polar surface area (TPSA) is 47.9 Å². The summed E-state index contributed by atoms with van der Waals surface area (Å²) in [4.78, 5) is 15.8. The van der Waals surface area contributed by atoms with Crippen molar-refractivity contribution in [3.8, 4) is 5.75 Å². The molecule has 0 unspecified atom stereocenters. The molecule has 3 rings (SSSR count). The lowest BCUT2D eigenvalue weighted by molar-refractivity contribution is -0.134. The predicted molar refractivity (Wildman–Crippen MR) is 80.6 cm³/mol. The second-order valence-corrected chi connectivity index (χ2v) is 8.35. The van der Waals surface area contributed by atoms with Crippen LogP contribution in [-0.4, -0.2) is 27.3 Å². The lowest BCUT2D eigenvalue weighted by Crippen LogP contribution is -2.41. The normalized spacial score (nSPS) is 17.4. The third kappa shape index (κ3) is 2.44. The minimum atomic E-state index is -2.54. The van der Waals surface area contributed by atoms with Crippen LogP contribution in [0.1, 0.15) is 5.56 Å². The number of carbonyl (C=O) groups is 1. The Morgan fingerprint density at radius 1 is 1.10 bits per heavy atom. The van der Waals surface area contributed by atoms with Crippen LogP contribution < -0.4 is 4.43 Å². The van der Waals surface area contributed by atoms with Gasteiger partial charge >= 0.3 is 14.5 Å². The van der Waals surface area contributed by atoms with E-state index in [0.29, 0.717) is 0 Å². The molecule has 0 fully saturated rings. The Morgan fingerprint density at radius 2 is 1.90 bits per heavy atom. The van der Waals surface area contributed by atoms with E-state index in [1.54, 1.807) is 6.21 Å². The molecule has 102 valence electrons. The molecule has 20 heavy (non-hydrogen) atoms. The monoisotopic (exact) mass is 285 g/mol. The molecule has 0 aliphatic carbocycles. The number of hydrogen-bond acceptors (Lipinski definition) is 4. The molecule has 0 saturated heterocycles. The van der Waals surface area contributed by atoms with E-state index in [2.05, 4.69) is 4.99 Å². The number of fused-ring (bicyclic) bond motifs is 3. The Kier molecular flexibility index (Phi) is 3.06. The summed E-state index contributed by atoms with van der Waals surface area (Å²) in [6, 6.07) is 12.0. The molecule has 2 aromatic carbocycles. The third-order valence-corrected chi connectivity index (χ3v) is 4.52. The first kappa shape index (κ1) is 12.9. The van der Waals surface area contributed by atoms with Crippen molar-refractivity contribution in [2.45, 2.75) is 13.1 Å². The summed E-state index contributed by atoms with van der Waals surface area (Å²) in [7, 11) is -2.54. The second-order valence-electron chi connectivity index (χ2n) is 5.14. The van der Waals surface area contributed by atoms with Crippen LogP contribution in [0, 0.1) is 0 Å². The van der Waals surface area contributed by atoms with Crippen molar-refractivity contribution < 1.29 is 13.6 Å². The fraction of sp³-hybridized carbons (Fsp3) is 0.200. The molecule has 0 N–H and O–H groups in total. The van der Waals surface area contributed by atoms with E-state index < -0.39 is 8.56 Å². The Morgan fingerprint density at radius 3 is 2.75 bits per heavy atom. The highest BCUT2D eigenvalue weighted by molar-refractivity contribution is 6.67. The molecule has 0 radical (unpaired) electrons. The van der Waals surface area contributed by atoms with Crippen LogP contribution in [0.2, 0.25) is 13.1 Å². The summed E-state index contributed by atoms with van der Waals surface area (Å²) in [5.74, 6) is 0.383. The molecule has 5 heteroatoms. The maximum atomic E-state index is 11.6. The number of hydrogen-bond donors (Lipinski definition) is 0. The van der Waals surface area contributed by atoms with Gasteiger partial charge in [-0.3, -0.25) is 9.79 Å². The largest absolute Gasteiger partial charge is 0.511 e. The van der Waals surface area contributed by atoms with E-state index in [4.69, 9.17) is 8.85 Å². The summed E-state index contributed by atoms with van der Waals surface area (Å²) < 4.78 is 11.4. The first-order valence-electron chi connectivity index (χ1n) is 6.48. The van der Waals surface area contributed by atoms with Gasteiger partial charge in [-0.05, 0) is 16.8 Å². The first-order chi connectivity index (χ1) is 9.55. The van der Waals surface area contributed by atoms with E-state index in [1.165, 1.54) is 0 Å². The zero-order chi connectivity index (χ0) is 14.2. The van der Waals surface area contributed by atoms with Crippen molar-refractivity contribution in [1.29, 1.82) is 0 Å². The van der Waals surface area contributed by atoms with Crippen molar-refractivity contribution in [1.82, 2.24) is 0 Å². The molecule has 0 spiro atoms. The third-order valence-electron chi connectivity index (χ3n) is 3.09. The molecule has 1 aliphatic rings. The lowest BCUT2D eigenvalue weighted by Gasteiger charge is -2.23. The van der Waals surface area contributed by atoms with E-state index in [1.807, 2.05) is 49.5 Å². The smallest absolute Gasteiger partial charge is 0.455 e. The summed E-state index contributed by atoms with van der Waals surface area (Å²) >= 11 is 0. The molecule has 1 heterocycles. The van der Waals surface area contributed by atoms with Crippen LogP contribution in [0.25, 0.3) is 10.8 Å². The van der Waals surface area contributed by atoms with Crippen LogP contribution in [0.5, 0.6) is 5.75 Å². The number of aliphatic imine (C=N–C) groups is 1. The number of benzene rings is 2. The van der Waals surface area contributed by atoms with Crippen molar-refractivity contribution in [2.75, 3.05) is 6.54 Å². The van der Waals surface area contributed by atoms with Gasteiger partial charge in [-0.15, -0.1) is 0 Å². The predicted octanol–water partition coefficient (Wildman–Crippen LogP) is 2.90. The van der Waals surface area contributed by atoms with Gasteiger partial charge in [0.05, 0.1) is 0 Å². The number of rotatable bonds is 0. The van der Waals surface area contributed by atoms with Crippen LogP contribution in [0.3, 0.4) is 0 Å². The quantitative estimate of drug-likeness (QED) is 0.699.